The summed E-state index contributed by atoms with van der Waals surface area (Å²) in [6, 6.07) is 3.24. The minimum Gasteiger partial charge on any atom is -0.462 e. The zero-order valence-electron chi connectivity index (χ0n) is 7.51. The molecule has 0 unspecified atom stereocenters. The van der Waals surface area contributed by atoms with Crippen LogP contribution in [0.5, 0.6) is 0 Å². The Bertz CT molecular complexity index is 343. The average molecular weight is 323 g/mol. The molecular weight excluding hydrogens is 314 g/mol. The Morgan fingerprint density at radius 1 is 1.50 bits per heavy atom. The zero-order chi connectivity index (χ0) is 10.7. The minimum atomic E-state index is -0.368. The van der Waals surface area contributed by atoms with Crippen LogP contribution in [-0.2, 0) is 4.74 Å². The van der Waals surface area contributed by atoms with Crippen molar-refractivity contribution >= 4 is 43.5 Å². The molecule has 1 aromatic rings. The lowest BCUT2D eigenvalue weighted by Crippen LogP contribution is -2.05. The van der Waals surface area contributed by atoms with Crippen molar-refractivity contribution in [2.75, 3.05) is 12.3 Å². The molecule has 0 bridgehead atoms. The van der Waals surface area contributed by atoms with Gasteiger partial charge in [0.1, 0.15) is 0 Å². The van der Waals surface area contributed by atoms with Gasteiger partial charge in [0.25, 0.3) is 0 Å². The molecule has 76 valence electrons. The standard InChI is InChI=1S/C9H9Br2NO2/c1-2-14-9(13)5-3-6(10)8(11)7(12)4-5/h3-4H,2,12H2,1H3. The molecule has 0 aliphatic carbocycles. The van der Waals surface area contributed by atoms with Crippen molar-refractivity contribution in [3.63, 3.8) is 0 Å². The molecule has 2 N–H and O–H groups in total. The summed E-state index contributed by atoms with van der Waals surface area (Å²) < 4.78 is 6.33. The SMILES string of the molecule is CCOC(=O)c1cc(N)c(Br)c(Br)c1. The van der Waals surface area contributed by atoms with E-state index in [0.717, 1.165) is 8.95 Å². The summed E-state index contributed by atoms with van der Waals surface area (Å²) in [6.07, 6.45) is 0. The van der Waals surface area contributed by atoms with Crippen LogP contribution >= 0.6 is 31.9 Å². The fourth-order valence-electron chi connectivity index (χ4n) is 0.943. The van der Waals surface area contributed by atoms with Gasteiger partial charge < -0.3 is 10.5 Å². The van der Waals surface area contributed by atoms with Gasteiger partial charge in [-0.1, -0.05) is 0 Å². The number of hydrogen-bond acceptors (Lipinski definition) is 3. The highest BCUT2D eigenvalue weighted by atomic mass is 79.9. The number of esters is 1. The van der Waals surface area contributed by atoms with Gasteiger partial charge in [0.15, 0.2) is 0 Å². The van der Waals surface area contributed by atoms with E-state index in [1.165, 1.54) is 0 Å². The van der Waals surface area contributed by atoms with Crippen LogP contribution < -0.4 is 5.73 Å². The molecule has 5 heteroatoms. The highest BCUT2D eigenvalue weighted by molar-refractivity contribution is 9.13. The molecule has 0 atom stereocenters. The summed E-state index contributed by atoms with van der Waals surface area (Å²) in [5, 5.41) is 0. The number of benzene rings is 1. The second-order valence-electron chi connectivity index (χ2n) is 2.58. The van der Waals surface area contributed by atoms with Crippen LogP contribution in [0.1, 0.15) is 17.3 Å². The normalized spacial score (nSPS) is 9.93. The van der Waals surface area contributed by atoms with Gasteiger partial charge >= 0.3 is 5.97 Å². The van der Waals surface area contributed by atoms with Gasteiger partial charge in [-0.05, 0) is 50.9 Å². The number of nitrogen functional groups attached to an aromatic ring is 1. The van der Waals surface area contributed by atoms with Crippen LogP contribution in [0.25, 0.3) is 0 Å². The Kier molecular flexibility index (Phi) is 3.95. The van der Waals surface area contributed by atoms with E-state index in [0.29, 0.717) is 17.9 Å². The van der Waals surface area contributed by atoms with Crippen LogP contribution in [-0.4, -0.2) is 12.6 Å². The van der Waals surface area contributed by atoms with Crippen molar-refractivity contribution < 1.29 is 9.53 Å². The number of carbonyl (C=O) groups is 1. The van der Waals surface area contributed by atoms with Gasteiger partial charge in [-0.2, -0.15) is 0 Å². The molecule has 0 saturated heterocycles. The maximum Gasteiger partial charge on any atom is 0.338 e. The smallest absolute Gasteiger partial charge is 0.338 e. The lowest BCUT2D eigenvalue weighted by Gasteiger charge is -2.05. The lowest BCUT2D eigenvalue weighted by atomic mass is 10.2. The van der Waals surface area contributed by atoms with Crippen LogP contribution in [0.2, 0.25) is 0 Å². The zero-order valence-corrected chi connectivity index (χ0v) is 10.7. The van der Waals surface area contributed by atoms with E-state index in [1.54, 1.807) is 19.1 Å². The first-order valence-electron chi connectivity index (χ1n) is 3.98. The average Bonchev–Trinajstić information content (AvgIpc) is 2.13. The Balaban J connectivity index is 3.06. The van der Waals surface area contributed by atoms with Gasteiger partial charge in [-0.15, -0.1) is 0 Å². The Hall–Kier alpha value is -0.550. The number of anilines is 1. The fourth-order valence-corrected chi connectivity index (χ4v) is 1.65. The molecule has 0 aliphatic rings. The van der Waals surface area contributed by atoms with Crippen molar-refractivity contribution in [3.05, 3.63) is 26.6 Å². The van der Waals surface area contributed by atoms with Crippen LogP contribution in [0, 0.1) is 0 Å². The molecule has 1 aromatic carbocycles. The Morgan fingerprint density at radius 2 is 2.14 bits per heavy atom. The molecule has 0 spiro atoms. The number of halogens is 2. The van der Waals surface area contributed by atoms with Crippen molar-refractivity contribution in [2.45, 2.75) is 6.92 Å². The van der Waals surface area contributed by atoms with Crippen molar-refractivity contribution in [1.29, 1.82) is 0 Å². The highest BCUT2D eigenvalue weighted by Gasteiger charge is 2.10. The molecular formula is C9H9Br2NO2. The van der Waals surface area contributed by atoms with Crippen LogP contribution in [0.15, 0.2) is 21.1 Å². The molecule has 3 nitrogen and oxygen atoms in total. The predicted octanol–water partition coefficient (Wildman–Crippen LogP) is 2.97. The maximum absolute atomic E-state index is 11.3. The number of carbonyl (C=O) groups excluding carboxylic acids is 1. The van der Waals surface area contributed by atoms with E-state index in [4.69, 9.17) is 10.5 Å². The maximum atomic E-state index is 11.3. The molecule has 0 saturated carbocycles. The van der Waals surface area contributed by atoms with E-state index in [2.05, 4.69) is 31.9 Å². The summed E-state index contributed by atoms with van der Waals surface area (Å²) in [7, 11) is 0. The first-order valence-corrected chi connectivity index (χ1v) is 5.56. The minimum absolute atomic E-state index is 0.354. The fraction of sp³-hybridized carbons (Fsp3) is 0.222. The predicted molar refractivity (Wildman–Crippen MR) is 62.2 cm³/mol. The number of ether oxygens (including phenoxy) is 1. The summed E-state index contributed by atoms with van der Waals surface area (Å²) >= 11 is 6.56. The largest absolute Gasteiger partial charge is 0.462 e. The van der Waals surface area contributed by atoms with Crippen LogP contribution in [0.3, 0.4) is 0 Å². The highest BCUT2D eigenvalue weighted by Crippen LogP contribution is 2.30. The third kappa shape index (κ3) is 2.48. The molecule has 0 aromatic heterocycles. The van der Waals surface area contributed by atoms with E-state index >= 15 is 0 Å². The Morgan fingerprint density at radius 3 is 2.64 bits per heavy atom. The van der Waals surface area contributed by atoms with Crippen molar-refractivity contribution in [3.8, 4) is 0 Å². The van der Waals surface area contributed by atoms with E-state index in [9.17, 15) is 4.79 Å². The summed E-state index contributed by atoms with van der Waals surface area (Å²) in [5.74, 6) is -0.368. The van der Waals surface area contributed by atoms with E-state index in [-0.39, 0.29) is 5.97 Å². The lowest BCUT2D eigenvalue weighted by molar-refractivity contribution is 0.0526. The number of hydrogen-bond donors (Lipinski definition) is 1. The monoisotopic (exact) mass is 321 g/mol. The second kappa shape index (κ2) is 4.79. The summed E-state index contributed by atoms with van der Waals surface area (Å²) in [4.78, 5) is 11.3. The molecule has 0 radical (unpaired) electrons. The quantitative estimate of drug-likeness (QED) is 0.672. The van der Waals surface area contributed by atoms with E-state index < -0.39 is 0 Å². The molecule has 0 aliphatic heterocycles. The summed E-state index contributed by atoms with van der Waals surface area (Å²) in [5.41, 5.74) is 6.62. The first kappa shape index (κ1) is 11.5. The Labute approximate surface area is 98.9 Å². The van der Waals surface area contributed by atoms with Gasteiger partial charge in [-0.3, -0.25) is 0 Å². The van der Waals surface area contributed by atoms with Gasteiger partial charge in [0.2, 0.25) is 0 Å². The molecule has 1 rings (SSSR count). The molecule has 0 heterocycles. The number of nitrogens with two attached hydrogens (primary N) is 1. The van der Waals surface area contributed by atoms with Crippen LogP contribution in [0.4, 0.5) is 5.69 Å². The second-order valence-corrected chi connectivity index (χ2v) is 4.23. The third-order valence-electron chi connectivity index (χ3n) is 1.57. The van der Waals surface area contributed by atoms with E-state index in [1.807, 2.05) is 0 Å². The van der Waals surface area contributed by atoms with Gasteiger partial charge in [-0.25, -0.2) is 4.79 Å². The topological polar surface area (TPSA) is 52.3 Å². The number of rotatable bonds is 2. The summed E-state index contributed by atoms with van der Waals surface area (Å²) in [6.45, 7) is 2.11. The molecule has 14 heavy (non-hydrogen) atoms. The van der Waals surface area contributed by atoms with Crippen molar-refractivity contribution in [1.82, 2.24) is 0 Å². The molecule has 0 amide bonds. The molecule has 0 fully saturated rings. The third-order valence-corrected chi connectivity index (χ3v) is 3.61. The first-order chi connectivity index (χ1) is 6.56. The van der Waals surface area contributed by atoms with Gasteiger partial charge in [0, 0.05) is 10.2 Å². The van der Waals surface area contributed by atoms with Gasteiger partial charge in [0.05, 0.1) is 16.6 Å². The van der Waals surface area contributed by atoms with Crippen molar-refractivity contribution in [2.24, 2.45) is 0 Å².